The van der Waals surface area contributed by atoms with Gasteiger partial charge in [-0.05, 0) is 28.9 Å². The van der Waals surface area contributed by atoms with Crippen molar-refractivity contribution in [2.75, 3.05) is 0 Å². The van der Waals surface area contributed by atoms with Crippen LogP contribution in [0.15, 0.2) is 0 Å². The summed E-state index contributed by atoms with van der Waals surface area (Å²) in [6.45, 7) is 0.678. The number of hydrogen-bond donors (Lipinski definition) is 0. The van der Waals surface area contributed by atoms with E-state index in [-0.39, 0.29) is 5.56 Å². The first-order valence-corrected chi connectivity index (χ1v) is 6.10. The monoisotopic (exact) mass is 208 g/mol. The fourth-order valence-corrected chi connectivity index (χ4v) is 1.92. The van der Waals surface area contributed by atoms with Crippen molar-refractivity contribution in [2.45, 2.75) is 25.3 Å². The first-order chi connectivity index (χ1) is 4.16. The molecular formula is C4H8Cl3OP. The average Bonchev–Trinajstić information content (AvgIpc) is 1.63. The van der Waals surface area contributed by atoms with E-state index in [9.17, 15) is 0 Å². The molecule has 0 heterocycles. The third-order valence-electron chi connectivity index (χ3n) is 0.710. The zero-order chi connectivity index (χ0) is 7.28. The van der Waals surface area contributed by atoms with Crippen molar-refractivity contribution in [3.63, 3.8) is 0 Å². The predicted molar refractivity (Wildman–Crippen MR) is 44.3 cm³/mol. The molecule has 0 aliphatic carbocycles. The molecule has 0 aromatic carbocycles. The largest absolute Gasteiger partial charge is 0.312 e. The minimum absolute atomic E-state index is 0.323. The topological polar surface area (TPSA) is 9.23 Å². The molecule has 0 aromatic rings. The van der Waals surface area contributed by atoms with E-state index in [0.717, 1.165) is 12.8 Å². The second kappa shape index (κ2) is 6.00. The predicted octanol–water partition coefficient (Wildman–Crippen LogP) is 4.07. The van der Waals surface area contributed by atoms with Crippen molar-refractivity contribution in [1.29, 1.82) is 0 Å². The Labute approximate surface area is 71.0 Å². The van der Waals surface area contributed by atoms with Crippen LogP contribution in [0.4, 0.5) is 0 Å². The Bertz CT molecular complexity index is 70.8. The number of alkyl halides is 1. The summed E-state index contributed by atoms with van der Waals surface area (Å²) in [5, 5.41) is 0. The van der Waals surface area contributed by atoms with E-state index >= 15 is 0 Å². The van der Waals surface area contributed by atoms with Crippen molar-refractivity contribution in [3.8, 4) is 0 Å². The Balaban J connectivity index is 3.15. The van der Waals surface area contributed by atoms with E-state index in [1.807, 2.05) is 6.92 Å². The molecular weight excluding hydrogens is 201 g/mol. The van der Waals surface area contributed by atoms with Crippen LogP contribution in [0.1, 0.15) is 19.8 Å². The van der Waals surface area contributed by atoms with Crippen molar-refractivity contribution < 1.29 is 4.52 Å². The van der Waals surface area contributed by atoms with Crippen LogP contribution in [-0.4, -0.2) is 5.56 Å². The molecule has 0 saturated carbocycles. The highest BCUT2D eigenvalue weighted by Gasteiger charge is 2.07. The molecule has 0 aliphatic rings. The van der Waals surface area contributed by atoms with Gasteiger partial charge in [0.05, 0.1) is 0 Å². The Morgan fingerprint density at radius 1 is 1.56 bits per heavy atom. The highest BCUT2D eigenvalue weighted by atomic mass is 35.9. The maximum absolute atomic E-state index is 5.60. The summed E-state index contributed by atoms with van der Waals surface area (Å²) in [4.78, 5) is 0. The van der Waals surface area contributed by atoms with Gasteiger partial charge in [0.25, 0.3) is 0 Å². The van der Waals surface area contributed by atoms with Crippen LogP contribution in [0, 0.1) is 0 Å². The number of halogens is 3. The molecule has 0 bridgehead atoms. The van der Waals surface area contributed by atoms with Crippen molar-refractivity contribution >= 4 is 40.9 Å². The van der Waals surface area contributed by atoms with E-state index in [2.05, 4.69) is 0 Å². The summed E-state index contributed by atoms with van der Waals surface area (Å²) in [5.74, 6) is 0. The quantitative estimate of drug-likeness (QED) is 0.501. The standard InChI is InChI=1S/C4H8Cl3OP/c1-2-3-4(5)8-9(6)7/h4H,2-3H2,1H3. The first-order valence-electron chi connectivity index (χ1n) is 2.59. The average molecular weight is 209 g/mol. The zero-order valence-corrected chi connectivity index (χ0v) is 8.14. The van der Waals surface area contributed by atoms with Crippen LogP contribution in [0.3, 0.4) is 0 Å². The van der Waals surface area contributed by atoms with Crippen LogP contribution in [-0.2, 0) is 4.52 Å². The van der Waals surface area contributed by atoms with E-state index in [0.29, 0.717) is 0 Å². The van der Waals surface area contributed by atoms with E-state index < -0.39 is 6.85 Å². The Kier molecular flexibility index (Phi) is 6.84. The fourth-order valence-electron chi connectivity index (χ4n) is 0.366. The summed E-state index contributed by atoms with van der Waals surface area (Å²) in [6, 6.07) is 0. The summed E-state index contributed by atoms with van der Waals surface area (Å²) >= 11 is 16.3. The van der Waals surface area contributed by atoms with E-state index in [4.69, 9.17) is 38.6 Å². The van der Waals surface area contributed by atoms with Gasteiger partial charge in [0.1, 0.15) is 5.56 Å². The summed E-state index contributed by atoms with van der Waals surface area (Å²) in [5.41, 5.74) is -0.323. The summed E-state index contributed by atoms with van der Waals surface area (Å²) < 4.78 is 4.85. The van der Waals surface area contributed by atoms with E-state index in [1.165, 1.54) is 0 Å². The first kappa shape index (κ1) is 10.3. The number of rotatable bonds is 4. The number of hydrogen-bond acceptors (Lipinski definition) is 1. The molecule has 0 amide bonds. The lowest BCUT2D eigenvalue weighted by atomic mass is 10.4. The van der Waals surface area contributed by atoms with Gasteiger partial charge in [0.2, 0.25) is 6.85 Å². The second-order valence-corrected chi connectivity index (χ2v) is 4.97. The maximum Gasteiger partial charge on any atom is 0.227 e. The molecule has 1 unspecified atom stereocenters. The molecule has 0 saturated heterocycles. The Morgan fingerprint density at radius 3 is 2.44 bits per heavy atom. The zero-order valence-electron chi connectivity index (χ0n) is 4.98. The fraction of sp³-hybridized carbons (Fsp3) is 1.00. The highest BCUT2D eigenvalue weighted by molar-refractivity contribution is 8.00. The third-order valence-corrected chi connectivity index (χ3v) is 2.03. The van der Waals surface area contributed by atoms with E-state index in [1.54, 1.807) is 0 Å². The molecule has 0 fully saturated rings. The van der Waals surface area contributed by atoms with Crippen LogP contribution < -0.4 is 0 Å². The maximum atomic E-state index is 5.60. The van der Waals surface area contributed by atoms with Crippen LogP contribution in [0.5, 0.6) is 0 Å². The minimum atomic E-state index is -1.34. The van der Waals surface area contributed by atoms with Gasteiger partial charge in [-0.15, -0.1) is 0 Å². The van der Waals surface area contributed by atoms with Crippen LogP contribution in [0.25, 0.3) is 0 Å². The molecule has 1 nitrogen and oxygen atoms in total. The molecule has 0 rings (SSSR count). The van der Waals surface area contributed by atoms with Crippen molar-refractivity contribution in [1.82, 2.24) is 0 Å². The lowest BCUT2D eigenvalue weighted by Gasteiger charge is -2.07. The third kappa shape index (κ3) is 7.15. The van der Waals surface area contributed by atoms with Gasteiger partial charge in [-0.1, -0.05) is 24.9 Å². The van der Waals surface area contributed by atoms with Crippen molar-refractivity contribution in [3.05, 3.63) is 0 Å². The minimum Gasteiger partial charge on any atom is -0.312 e. The highest BCUT2D eigenvalue weighted by Crippen LogP contribution is 2.49. The SMILES string of the molecule is CCCC(Cl)OP(Cl)Cl. The molecule has 0 spiro atoms. The lowest BCUT2D eigenvalue weighted by Crippen LogP contribution is -1.96. The molecule has 0 N–H and O–H groups in total. The summed E-state index contributed by atoms with van der Waals surface area (Å²) in [6.07, 6.45) is 1.77. The molecule has 0 radical (unpaired) electrons. The molecule has 5 heteroatoms. The normalized spacial score (nSPS) is 14.3. The molecule has 0 aliphatic heterocycles. The molecule has 1 atom stereocenters. The smallest absolute Gasteiger partial charge is 0.227 e. The molecule has 56 valence electrons. The van der Waals surface area contributed by atoms with Gasteiger partial charge in [-0.2, -0.15) is 0 Å². The van der Waals surface area contributed by atoms with Gasteiger partial charge in [-0.3, -0.25) is 0 Å². The Hall–Kier alpha value is 1.26. The molecule has 0 aromatic heterocycles. The van der Waals surface area contributed by atoms with Gasteiger partial charge in [0.15, 0.2) is 0 Å². The van der Waals surface area contributed by atoms with Gasteiger partial charge in [-0.25, -0.2) is 0 Å². The van der Waals surface area contributed by atoms with Crippen molar-refractivity contribution in [2.24, 2.45) is 0 Å². The van der Waals surface area contributed by atoms with Gasteiger partial charge in [0, 0.05) is 0 Å². The van der Waals surface area contributed by atoms with Crippen LogP contribution >= 0.6 is 40.9 Å². The second-order valence-electron chi connectivity index (χ2n) is 1.51. The van der Waals surface area contributed by atoms with Crippen LogP contribution in [0.2, 0.25) is 0 Å². The lowest BCUT2D eigenvalue weighted by molar-refractivity contribution is 0.310. The summed E-state index contributed by atoms with van der Waals surface area (Å²) in [7, 11) is 0. The Morgan fingerprint density at radius 2 is 2.11 bits per heavy atom. The van der Waals surface area contributed by atoms with Gasteiger partial charge < -0.3 is 4.52 Å². The van der Waals surface area contributed by atoms with Gasteiger partial charge >= 0.3 is 0 Å². The molecule has 9 heavy (non-hydrogen) atoms.